The minimum atomic E-state index is -0.340. The Kier molecular flexibility index (Phi) is 5.39. The summed E-state index contributed by atoms with van der Waals surface area (Å²) in [4.78, 5) is 10.6. The van der Waals surface area contributed by atoms with Crippen molar-refractivity contribution in [2.45, 2.75) is 51.2 Å². The van der Waals surface area contributed by atoms with Gasteiger partial charge in [-0.2, -0.15) is 4.98 Å². The Morgan fingerprint density at radius 3 is 3.05 bits per heavy atom. The van der Waals surface area contributed by atoms with Gasteiger partial charge in [-0.1, -0.05) is 24.4 Å². The maximum atomic E-state index is 9.71. The van der Waals surface area contributed by atoms with Crippen molar-refractivity contribution in [2.75, 3.05) is 16.9 Å². The minimum absolute atomic E-state index is 0.246. The van der Waals surface area contributed by atoms with E-state index in [1.165, 1.54) is 12.8 Å². The fourth-order valence-corrected chi connectivity index (χ4v) is 2.92. The number of rotatable bonds is 4. The average Bonchev–Trinajstić information content (AvgIpc) is 2.64. The van der Waals surface area contributed by atoms with E-state index in [4.69, 9.17) is 17.4 Å². The highest BCUT2D eigenvalue weighted by atomic mass is 35.5. The SMILES string of the molecule is CC(O)CC1CCCCCN1c1nc(NN)ncc1Cl. The van der Waals surface area contributed by atoms with Crippen LogP contribution >= 0.6 is 11.6 Å². The first-order valence-electron chi connectivity index (χ1n) is 7.05. The second-order valence-corrected chi connectivity index (χ2v) is 5.70. The van der Waals surface area contributed by atoms with Crippen LogP contribution in [0.25, 0.3) is 0 Å². The number of halogens is 1. The zero-order valence-corrected chi connectivity index (χ0v) is 12.5. The molecule has 0 saturated carbocycles. The topological polar surface area (TPSA) is 87.3 Å². The van der Waals surface area contributed by atoms with Gasteiger partial charge >= 0.3 is 0 Å². The molecule has 6 nitrogen and oxygen atoms in total. The van der Waals surface area contributed by atoms with Crippen molar-refractivity contribution < 1.29 is 5.11 Å². The molecule has 1 aromatic rings. The predicted octanol–water partition coefficient (Wildman–Crippen LogP) is 1.94. The van der Waals surface area contributed by atoms with E-state index in [-0.39, 0.29) is 12.1 Å². The summed E-state index contributed by atoms with van der Waals surface area (Å²) >= 11 is 6.24. The molecule has 0 aliphatic carbocycles. The van der Waals surface area contributed by atoms with Crippen molar-refractivity contribution in [3.63, 3.8) is 0 Å². The van der Waals surface area contributed by atoms with E-state index >= 15 is 0 Å². The lowest BCUT2D eigenvalue weighted by Crippen LogP contribution is -2.38. The molecule has 0 radical (unpaired) electrons. The van der Waals surface area contributed by atoms with Gasteiger partial charge in [-0.15, -0.1) is 0 Å². The molecule has 1 aliphatic heterocycles. The third-order valence-electron chi connectivity index (χ3n) is 3.62. The molecule has 0 spiro atoms. The monoisotopic (exact) mass is 299 g/mol. The smallest absolute Gasteiger partial charge is 0.239 e. The first kappa shape index (κ1) is 15.3. The molecule has 112 valence electrons. The minimum Gasteiger partial charge on any atom is -0.393 e. The molecule has 1 saturated heterocycles. The van der Waals surface area contributed by atoms with Crippen LogP contribution in [0.3, 0.4) is 0 Å². The molecule has 2 rings (SSSR count). The quantitative estimate of drug-likeness (QED) is 0.582. The first-order chi connectivity index (χ1) is 9.61. The summed E-state index contributed by atoms with van der Waals surface area (Å²) in [7, 11) is 0. The number of aliphatic hydroxyl groups is 1. The van der Waals surface area contributed by atoms with E-state index in [9.17, 15) is 5.11 Å². The van der Waals surface area contributed by atoms with Crippen LogP contribution in [-0.2, 0) is 0 Å². The Hall–Kier alpha value is -1.11. The Balaban J connectivity index is 2.29. The van der Waals surface area contributed by atoms with Crippen LogP contribution < -0.4 is 16.2 Å². The number of hydrogen-bond acceptors (Lipinski definition) is 6. The Bertz CT molecular complexity index is 443. The van der Waals surface area contributed by atoms with Gasteiger partial charge in [0.2, 0.25) is 5.95 Å². The first-order valence-corrected chi connectivity index (χ1v) is 7.43. The zero-order chi connectivity index (χ0) is 14.5. The lowest BCUT2D eigenvalue weighted by molar-refractivity contribution is 0.171. The fourth-order valence-electron chi connectivity index (χ4n) is 2.72. The van der Waals surface area contributed by atoms with Crippen LogP contribution in [0, 0.1) is 0 Å². The molecule has 7 heteroatoms. The number of aliphatic hydroxyl groups excluding tert-OH is 1. The third-order valence-corrected chi connectivity index (χ3v) is 3.88. The summed E-state index contributed by atoms with van der Waals surface area (Å²) in [5.41, 5.74) is 2.45. The summed E-state index contributed by atoms with van der Waals surface area (Å²) in [5.74, 6) is 6.42. The van der Waals surface area contributed by atoms with Crippen molar-refractivity contribution in [2.24, 2.45) is 5.84 Å². The number of nitrogens with one attached hydrogen (secondary N) is 1. The number of nitrogens with two attached hydrogens (primary N) is 1. The molecule has 1 aromatic heterocycles. The Morgan fingerprint density at radius 2 is 2.35 bits per heavy atom. The van der Waals surface area contributed by atoms with Gasteiger partial charge in [-0.25, -0.2) is 10.8 Å². The molecule has 0 aromatic carbocycles. The molecule has 0 amide bonds. The molecule has 2 atom stereocenters. The molecule has 1 fully saturated rings. The van der Waals surface area contributed by atoms with Crippen molar-refractivity contribution >= 4 is 23.4 Å². The highest BCUT2D eigenvalue weighted by Gasteiger charge is 2.25. The zero-order valence-electron chi connectivity index (χ0n) is 11.7. The molecular weight excluding hydrogens is 278 g/mol. The summed E-state index contributed by atoms with van der Waals surface area (Å²) in [6.07, 6.45) is 6.43. The predicted molar refractivity (Wildman–Crippen MR) is 80.8 cm³/mol. The number of nitrogens with zero attached hydrogens (tertiary/aromatic N) is 3. The second-order valence-electron chi connectivity index (χ2n) is 5.29. The fraction of sp³-hybridized carbons (Fsp3) is 0.692. The lowest BCUT2D eigenvalue weighted by atomic mass is 10.0. The normalized spacial score (nSPS) is 21.4. The van der Waals surface area contributed by atoms with Gasteiger partial charge in [0.05, 0.1) is 12.3 Å². The van der Waals surface area contributed by atoms with E-state index in [0.717, 1.165) is 19.4 Å². The Labute approximate surface area is 124 Å². The van der Waals surface area contributed by atoms with Crippen molar-refractivity contribution in [1.82, 2.24) is 9.97 Å². The van der Waals surface area contributed by atoms with E-state index in [2.05, 4.69) is 20.3 Å². The van der Waals surface area contributed by atoms with Crippen LogP contribution in [0.4, 0.5) is 11.8 Å². The van der Waals surface area contributed by atoms with Crippen LogP contribution in [0.2, 0.25) is 5.02 Å². The molecule has 2 unspecified atom stereocenters. The molecule has 4 N–H and O–H groups in total. The molecule has 2 heterocycles. The highest BCUT2D eigenvalue weighted by Crippen LogP contribution is 2.30. The summed E-state index contributed by atoms with van der Waals surface area (Å²) in [6, 6.07) is 0.246. The van der Waals surface area contributed by atoms with Crippen molar-refractivity contribution in [1.29, 1.82) is 0 Å². The van der Waals surface area contributed by atoms with Crippen molar-refractivity contribution in [3.8, 4) is 0 Å². The average molecular weight is 300 g/mol. The summed E-state index contributed by atoms with van der Waals surface area (Å²) < 4.78 is 0. The van der Waals surface area contributed by atoms with Gasteiger partial charge in [-0.3, -0.25) is 5.43 Å². The van der Waals surface area contributed by atoms with Crippen LogP contribution in [0.5, 0.6) is 0 Å². The lowest BCUT2D eigenvalue weighted by Gasteiger charge is -2.32. The molecular formula is C13H22ClN5O. The van der Waals surface area contributed by atoms with Gasteiger partial charge in [-0.05, 0) is 26.2 Å². The maximum Gasteiger partial charge on any atom is 0.239 e. The van der Waals surface area contributed by atoms with E-state index in [0.29, 0.717) is 23.2 Å². The van der Waals surface area contributed by atoms with Crippen molar-refractivity contribution in [3.05, 3.63) is 11.2 Å². The largest absolute Gasteiger partial charge is 0.393 e. The van der Waals surface area contributed by atoms with Crippen LogP contribution in [-0.4, -0.2) is 33.8 Å². The number of nitrogen functional groups attached to an aromatic ring is 1. The van der Waals surface area contributed by atoms with Gasteiger partial charge in [0.1, 0.15) is 5.02 Å². The van der Waals surface area contributed by atoms with E-state index in [1.807, 2.05) is 6.92 Å². The molecule has 1 aliphatic rings. The highest BCUT2D eigenvalue weighted by molar-refractivity contribution is 6.32. The number of hydrogen-bond donors (Lipinski definition) is 3. The van der Waals surface area contributed by atoms with Gasteiger partial charge in [0.15, 0.2) is 5.82 Å². The maximum absolute atomic E-state index is 9.71. The third kappa shape index (κ3) is 3.71. The standard InChI is InChI=1S/C13H22ClN5O/c1-9(20)7-10-5-3-2-4-6-19(10)12-11(14)8-16-13(17-12)18-15/h8-10,20H,2-7,15H2,1H3,(H,16,17,18). The van der Waals surface area contributed by atoms with Gasteiger partial charge in [0, 0.05) is 12.6 Å². The number of hydrazine groups is 1. The number of anilines is 2. The summed E-state index contributed by atoms with van der Waals surface area (Å²) in [5, 5.41) is 10.2. The number of aromatic nitrogens is 2. The Morgan fingerprint density at radius 1 is 1.55 bits per heavy atom. The van der Waals surface area contributed by atoms with Crippen LogP contribution in [0.15, 0.2) is 6.20 Å². The van der Waals surface area contributed by atoms with Crippen LogP contribution in [0.1, 0.15) is 39.0 Å². The van der Waals surface area contributed by atoms with E-state index < -0.39 is 0 Å². The van der Waals surface area contributed by atoms with Gasteiger partial charge in [0.25, 0.3) is 0 Å². The van der Waals surface area contributed by atoms with E-state index in [1.54, 1.807) is 6.20 Å². The second kappa shape index (κ2) is 7.06. The molecule has 0 bridgehead atoms. The summed E-state index contributed by atoms with van der Waals surface area (Å²) in [6.45, 7) is 2.70. The van der Waals surface area contributed by atoms with Gasteiger partial charge < -0.3 is 10.0 Å². The molecule has 20 heavy (non-hydrogen) atoms.